The van der Waals surface area contributed by atoms with Gasteiger partial charge in [-0.15, -0.1) is 16.9 Å². The molecule has 0 bridgehead atoms. The largest absolute Gasteiger partial charge is 0.480 e. The minimum Gasteiger partial charge on any atom is -0.480 e. The number of carbonyl (C=O) groups excluding carboxylic acids is 1. The van der Waals surface area contributed by atoms with Crippen LogP contribution in [0.15, 0.2) is 81.3 Å². The molecule has 1 amide bonds. The molecule has 3 aromatic rings. The summed E-state index contributed by atoms with van der Waals surface area (Å²) >= 11 is 1.31. The molecule has 0 spiro atoms. The molecule has 2 heterocycles. The predicted octanol–water partition coefficient (Wildman–Crippen LogP) is 4.92. The van der Waals surface area contributed by atoms with Gasteiger partial charge in [-0.1, -0.05) is 29.8 Å². The standard InChI is InChI=1S/C27H29N3O5S/c1-19-6-10-21(11-7-19)30-25(31)18-35-24(28-30)17-29(16-22-5-4-14-34-22)15-20-8-12-23(13-9-20)36-27(2,3)26(32)33/h4-14H,15-18H2,1-3H3,(H,32,33). The lowest BCUT2D eigenvalue weighted by Crippen LogP contribution is -2.40. The summed E-state index contributed by atoms with van der Waals surface area (Å²) in [5, 5.41) is 15.3. The lowest BCUT2D eigenvalue weighted by molar-refractivity contribution is -0.138. The monoisotopic (exact) mass is 507 g/mol. The molecule has 8 nitrogen and oxygen atoms in total. The number of rotatable bonds is 10. The average molecular weight is 508 g/mol. The first-order valence-corrected chi connectivity index (χ1v) is 12.4. The van der Waals surface area contributed by atoms with Crippen molar-refractivity contribution in [2.75, 3.05) is 18.2 Å². The van der Waals surface area contributed by atoms with Gasteiger partial charge < -0.3 is 14.3 Å². The molecule has 0 unspecified atom stereocenters. The van der Waals surface area contributed by atoms with Crippen LogP contribution in [0.5, 0.6) is 0 Å². The van der Waals surface area contributed by atoms with E-state index in [1.807, 2.05) is 67.6 Å². The highest BCUT2D eigenvalue weighted by atomic mass is 32.2. The molecule has 188 valence electrons. The lowest BCUT2D eigenvalue weighted by atomic mass is 10.2. The molecule has 36 heavy (non-hydrogen) atoms. The summed E-state index contributed by atoms with van der Waals surface area (Å²) in [7, 11) is 0. The second-order valence-electron chi connectivity index (χ2n) is 9.11. The number of thioether (sulfide) groups is 1. The highest BCUT2D eigenvalue weighted by Gasteiger charge is 2.28. The third-order valence-electron chi connectivity index (χ3n) is 5.62. The van der Waals surface area contributed by atoms with Crippen LogP contribution in [0.1, 0.15) is 30.7 Å². The van der Waals surface area contributed by atoms with Crippen LogP contribution in [0.2, 0.25) is 0 Å². The van der Waals surface area contributed by atoms with Crippen molar-refractivity contribution in [2.24, 2.45) is 5.10 Å². The zero-order valence-electron chi connectivity index (χ0n) is 20.5. The molecule has 0 atom stereocenters. The van der Waals surface area contributed by atoms with Crippen molar-refractivity contribution in [3.05, 3.63) is 83.8 Å². The maximum atomic E-state index is 12.5. The summed E-state index contributed by atoms with van der Waals surface area (Å²) in [6.07, 6.45) is 1.64. The molecule has 0 radical (unpaired) electrons. The molecule has 0 aliphatic carbocycles. The van der Waals surface area contributed by atoms with Crippen molar-refractivity contribution in [3.8, 4) is 0 Å². The number of hydrogen-bond acceptors (Lipinski definition) is 7. The molecule has 2 aromatic carbocycles. The third kappa shape index (κ3) is 6.56. The van der Waals surface area contributed by atoms with E-state index in [-0.39, 0.29) is 12.5 Å². The van der Waals surface area contributed by atoms with Gasteiger partial charge in [0.2, 0.25) is 5.90 Å². The van der Waals surface area contributed by atoms with Gasteiger partial charge in [-0.3, -0.25) is 14.5 Å². The number of carbonyl (C=O) groups is 2. The van der Waals surface area contributed by atoms with Crippen molar-refractivity contribution in [1.29, 1.82) is 0 Å². The van der Waals surface area contributed by atoms with E-state index in [4.69, 9.17) is 9.15 Å². The summed E-state index contributed by atoms with van der Waals surface area (Å²) in [6.45, 7) is 6.77. The summed E-state index contributed by atoms with van der Waals surface area (Å²) in [4.78, 5) is 26.9. The maximum Gasteiger partial charge on any atom is 0.319 e. The first kappa shape index (κ1) is 25.5. The maximum absolute atomic E-state index is 12.5. The number of ether oxygens (including phenoxy) is 1. The van der Waals surface area contributed by atoms with E-state index in [0.29, 0.717) is 31.2 Å². The molecule has 1 aliphatic heterocycles. The number of aryl methyl sites for hydroxylation is 1. The third-order valence-corrected chi connectivity index (χ3v) is 6.82. The van der Waals surface area contributed by atoms with Crippen molar-refractivity contribution in [1.82, 2.24) is 4.90 Å². The Morgan fingerprint density at radius 2 is 1.81 bits per heavy atom. The summed E-state index contributed by atoms with van der Waals surface area (Å²) < 4.78 is 10.3. The molecule has 1 N–H and O–H groups in total. The minimum absolute atomic E-state index is 0.0768. The molecule has 9 heteroatoms. The Kier molecular flexibility index (Phi) is 7.81. The van der Waals surface area contributed by atoms with Crippen molar-refractivity contribution < 1.29 is 23.8 Å². The Hall–Kier alpha value is -3.56. The van der Waals surface area contributed by atoms with Gasteiger partial charge >= 0.3 is 5.97 Å². The molecule has 4 rings (SSSR count). The van der Waals surface area contributed by atoms with Crippen LogP contribution in [-0.4, -0.2) is 45.7 Å². The van der Waals surface area contributed by atoms with Gasteiger partial charge in [0.25, 0.3) is 5.91 Å². The first-order chi connectivity index (χ1) is 17.2. The Bertz CT molecular complexity index is 1220. The van der Waals surface area contributed by atoms with E-state index in [1.165, 1.54) is 16.8 Å². The Morgan fingerprint density at radius 1 is 1.08 bits per heavy atom. The Balaban J connectivity index is 1.50. The number of carboxylic acids is 1. The topological polar surface area (TPSA) is 95.6 Å². The zero-order chi connectivity index (χ0) is 25.7. The second-order valence-corrected chi connectivity index (χ2v) is 10.8. The highest BCUT2D eigenvalue weighted by molar-refractivity contribution is 8.01. The average Bonchev–Trinajstić information content (AvgIpc) is 3.35. The highest BCUT2D eigenvalue weighted by Crippen LogP contribution is 2.32. The van der Waals surface area contributed by atoms with E-state index >= 15 is 0 Å². The second kappa shape index (κ2) is 11.0. The van der Waals surface area contributed by atoms with E-state index in [2.05, 4.69) is 10.0 Å². The molecular weight excluding hydrogens is 478 g/mol. The number of furan rings is 1. The molecular formula is C27H29N3O5S. The summed E-state index contributed by atoms with van der Waals surface area (Å²) in [5.41, 5.74) is 2.84. The van der Waals surface area contributed by atoms with Crippen LogP contribution in [-0.2, 0) is 27.4 Å². The number of aliphatic carboxylic acids is 1. The van der Waals surface area contributed by atoms with E-state index in [1.54, 1.807) is 20.1 Å². The van der Waals surface area contributed by atoms with E-state index in [0.717, 1.165) is 21.8 Å². The normalized spacial score (nSPS) is 14.1. The SMILES string of the molecule is Cc1ccc(N2N=C(CN(Cc3ccc(SC(C)(C)C(=O)O)cc3)Cc3ccco3)OCC2=O)cc1. The van der Waals surface area contributed by atoms with Gasteiger partial charge in [0, 0.05) is 11.4 Å². The smallest absolute Gasteiger partial charge is 0.319 e. The summed E-state index contributed by atoms with van der Waals surface area (Å²) in [6, 6.07) is 19.2. The van der Waals surface area contributed by atoms with Crippen molar-refractivity contribution in [3.63, 3.8) is 0 Å². The van der Waals surface area contributed by atoms with Gasteiger partial charge in [-0.25, -0.2) is 0 Å². The van der Waals surface area contributed by atoms with E-state index < -0.39 is 10.7 Å². The summed E-state index contributed by atoms with van der Waals surface area (Å²) in [5.74, 6) is 0.163. The molecule has 0 saturated heterocycles. The van der Waals surface area contributed by atoms with Crippen LogP contribution >= 0.6 is 11.8 Å². The number of benzene rings is 2. The fraction of sp³-hybridized carbons (Fsp3) is 0.296. The van der Waals surface area contributed by atoms with Gasteiger partial charge in [0.1, 0.15) is 10.5 Å². The van der Waals surface area contributed by atoms with E-state index in [9.17, 15) is 14.7 Å². The number of amides is 1. The van der Waals surface area contributed by atoms with Crippen LogP contribution in [0.25, 0.3) is 0 Å². The van der Waals surface area contributed by atoms with Crippen LogP contribution in [0.3, 0.4) is 0 Å². The number of nitrogens with zero attached hydrogens (tertiary/aromatic N) is 3. The molecule has 1 aliphatic rings. The number of carboxylic acid groups (broad SMARTS) is 1. The first-order valence-electron chi connectivity index (χ1n) is 11.6. The zero-order valence-corrected chi connectivity index (χ0v) is 21.3. The minimum atomic E-state index is -0.913. The molecule has 0 saturated carbocycles. The van der Waals surface area contributed by atoms with Crippen LogP contribution in [0, 0.1) is 6.92 Å². The van der Waals surface area contributed by atoms with Crippen LogP contribution in [0.4, 0.5) is 5.69 Å². The number of anilines is 1. The lowest BCUT2D eigenvalue weighted by Gasteiger charge is -2.27. The van der Waals surface area contributed by atoms with Crippen molar-refractivity contribution >= 4 is 35.2 Å². The predicted molar refractivity (Wildman–Crippen MR) is 139 cm³/mol. The van der Waals surface area contributed by atoms with Gasteiger partial charge in [-0.2, -0.15) is 5.01 Å². The van der Waals surface area contributed by atoms with Gasteiger partial charge in [0.15, 0.2) is 6.61 Å². The number of hydrazone groups is 1. The van der Waals surface area contributed by atoms with Crippen molar-refractivity contribution in [2.45, 2.75) is 43.5 Å². The van der Waals surface area contributed by atoms with Gasteiger partial charge in [0.05, 0.1) is 25.0 Å². The Morgan fingerprint density at radius 3 is 2.44 bits per heavy atom. The quantitative estimate of drug-likeness (QED) is 0.389. The fourth-order valence-corrected chi connectivity index (χ4v) is 4.56. The van der Waals surface area contributed by atoms with Gasteiger partial charge in [-0.05, 0) is 62.7 Å². The Labute approximate surface area is 214 Å². The number of hydrogen-bond donors (Lipinski definition) is 1. The molecule has 0 fully saturated rings. The fourth-order valence-electron chi connectivity index (χ4n) is 3.61. The molecule has 1 aromatic heterocycles. The van der Waals surface area contributed by atoms with Crippen LogP contribution < -0.4 is 5.01 Å².